The highest BCUT2D eigenvalue weighted by molar-refractivity contribution is 6.31. The Bertz CT molecular complexity index is 774. The van der Waals surface area contributed by atoms with Gasteiger partial charge in [-0.1, -0.05) is 23.7 Å². The van der Waals surface area contributed by atoms with E-state index in [1.165, 1.54) is 30.7 Å². The van der Waals surface area contributed by atoms with E-state index in [-0.39, 0.29) is 22.0 Å². The van der Waals surface area contributed by atoms with Gasteiger partial charge in [0.2, 0.25) is 0 Å². The summed E-state index contributed by atoms with van der Waals surface area (Å²) >= 11 is 5.64. The topological polar surface area (TPSA) is 73.2 Å². The summed E-state index contributed by atoms with van der Waals surface area (Å²) in [5.41, 5.74) is 0.461. The summed E-state index contributed by atoms with van der Waals surface area (Å²) in [5.74, 6) is -1.18. The van der Waals surface area contributed by atoms with Crippen LogP contribution in [0.2, 0.25) is 5.02 Å². The van der Waals surface area contributed by atoms with Gasteiger partial charge in [0.25, 0.3) is 5.91 Å². The van der Waals surface area contributed by atoms with Crippen molar-refractivity contribution in [2.75, 3.05) is 10.2 Å². The minimum absolute atomic E-state index is 0.0886. The number of benzene rings is 2. The van der Waals surface area contributed by atoms with Gasteiger partial charge in [-0.05, 0) is 30.3 Å². The SMILES string of the molecule is N#CN([C]=O)c1ccccc1C(=O)Nc1ccc(F)c(Cl)c1. The highest BCUT2D eigenvalue weighted by Gasteiger charge is 2.16. The number of nitriles is 1. The molecular formula is C15H8ClFN3O2. The first-order chi connectivity index (χ1) is 10.6. The molecule has 1 N–H and O–H groups in total. The first-order valence-corrected chi connectivity index (χ1v) is 6.37. The number of hydrogen-bond acceptors (Lipinski definition) is 3. The number of hydrogen-bond donors (Lipinski definition) is 1. The van der Waals surface area contributed by atoms with Crippen LogP contribution in [-0.2, 0) is 4.79 Å². The van der Waals surface area contributed by atoms with E-state index in [4.69, 9.17) is 16.9 Å². The van der Waals surface area contributed by atoms with Crippen LogP contribution in [0.4, 0.5) is 15.8 Å². The second-order valence-electron chi connectivity index (χ2n) is 4.13. The molecule has 0 saturated carbocycles. The number of nitrogens with zero attached hydrogens (tertiary/aromatic N) is 2. The van der Waals surface area contributed by atoms with Crippen LogP contribution >= 0.6 is 11.6 Å². The number of nitrogens with one attached hydrogen (secondary N) is 1. The molecule has 2 aromatic carbocycles. The number of para-hydroxylation sites is 1. The van der Waals surface area contributed by atoms with Crippen molar-refractivity contribution >= 4 is 35.3 Å². The van der Waals surface area contributed by atoms with Crippen molar-refractivity contribution in [1.29, 1.82) is 5.26 Å². The molecule has 0 aliphatic rings. The Morgan fingerprint density at radius 2 is 2.00 bits per heavy atom. The lowest BCUT2D eigenvalue weighted by Crippen LogP contribution is -2.20. The van der Waals surface area contributed by atoms with E-state index in [0.29, 0.717) is 4.90 Å². The van der Waals surface area contributed by atoms with Crippen molar-refractivity contribution < 1.29 is 14.0 Å². The highest BCUT2D eigenvalue weighted by atomic mass is 35.5. The van der Waals surface area contributed by atoms with Crippen molar-refractivity contribution in [3.8, 4) is 6.19 Å². The van der Waals surface area contributed by atoms with E-state index in [9.17, 15) is 14.0 Å². The molecule has 0 bridgehead atoms. The van der Waals surface area contributed by atoms with Gasteiger partial charge in [-0.15, -0.1) is 0 Å². The maximum absolute atomic E-state index is 13.1. The Kier molecular flexibility index (Phi) is 4.71. The quantitative estimate of drug-likeness (QED) is 0.696. The minimum atomic E-state index is -0.605. The predicted octanol–water partition coefficient (Wildman–Crippen LogP) is 3.09. The molecule has 0 fully saturated rings. The van der Waals surface area contributed by atoms with E-state index < -0.39 is 11.7 Å². The Morgan fingerprint density at radius 1 is 1.27 bits per heavy atom. The molecule has 0 heterocycles. The molecule has 7 heteroatoms. The lowest BCUT2D eigenvalue weighted by atomic mass is 10.1. The van der Waals surface area contributed by atoms with E-state index in [2.05, 4.69) is 5.32 Å². The largest absolute Gasteiger partial charge is 0.331 e. The lowest BCUT2D eigenvalue weighted by Gasteiger charge is -2.12. The molecule has 0 atom stereocenters. The maximum atomic E-state index is 13.1. The normalized spacial score (nSPS) is 9.68. The van der Waals surface area contributed by atoms with Crippen LogP contribution in [0, 0.1) is 17.3 Å². The molecule has 5 nitrogen and oxygen atoms in total. The van der Waals surface area contributed by atoms with Crippen LogP contribution in [0.3, 0.4) is 0 Å². The van der Waals surface area contributed by atoms with Gasteiger partial charge in [-0.3, -0.25) is 9.59 Å². The van der Waals surface area contributed by atoms with Crippen LogP contribution in [0.5, 0.6) is 0 Å². The van der Waals surface area contributed by atoms with Crippen LogP contribution in [-0.4, -0.2) is 12.3 Å². The molecule has 0 spiro atoms. The van der Waals surface area contributed by atoms with Gasteiger partial charge in [-0.2, -0.15) is 5.26 Å². The van der Waals surface area contributed by atoms with Gasteiger partial charge in [0, 0.05) is 5.69 Å². The zero-order valence-corrected chi connectivity index (χ0v) is 11.8. The van der Waals surface area contributed by atoms with E-state index in [0.717, 1.165) is 6.07 Å². The second-order valence-corrected chi connectivity index (χ2v) is 4.53. The van der Waals surface area contributed by atoms with Crippen molar-refractivity contribution in [3.63, 3.8) is 0 Å². The van der Waals surface area contributed by atoms with Crippen LogP contribution < -0.4 is 10.2 Å². The third-order valence-electron chi connectivity index (χ3n) is 2.76. The summed E-state index contributed by atoms with van der Waals surface area (Å²) in [5, 5.41) is 11.2. The van der Waals surface area contributed by atoms with Crippen molar-refractivity contribution in [2.45, 2.75) is 0 Å². The number of amides is 2. The van der Waals surface area contributed by atoms with Gasteiger partial charge < -0.3 is 5.32 Å². The monoisotopic (exact) mass is 316 g/mol. The van der Waals surface area contributed by atoms with Gasteiger partial charge in [0.05, 0.1) is 16.3 Å². The Hall–Kier alpha value is -2.91. The van der Waals surface area contributed by atoms with E-state index in [1.54, 1.807) is 18.3 Å². The molecule has 22 heavy (non-hydrogen) atoms. The molecule has 0 saturated heterocycles. The fourth-order valence-electron chi connectivity index (χ4n) is 1.76. The first-order valence-electron chi connectivity index (χ1n) is 6.00. The molecule has 0 aliphatic heterocycles. The minimum Gasteiger partial charge on any atom is -0.322 e. The average molecular weight is 317 g/mol. The van der Waals surface area contributed by atoms with Gasteiger partial charge in [0.15, 0.2) is 6.19 Å². The number of carbonyl (C=O) groups is 1. The Labute approximate surface area is 130 Å². The van der Waals surface area contributed by atoms with Gasteiger partial charge >= 0.3 is 6.41 Å². The van der Waals surface area contributed by atoms with Gasteiger partial charge in [0.1, 0.15) is 5.82 Å². The molecule has 2 aromatic rings. The summed E-state index contributed by atoms with van der Waals surface area (Å²) in [7, 11) is 0. The summed E-state index contributed by atoms with van der Waals surface area (Å²) in [4.78, 5) is 23.6. The molecular weight excluding hydrogens is 309 g/mol. The second kappa shape index (κ2) is 6.70. The van der Waals surface area contributed by atoms with Gasteiger partial charge in [-0.25, -0.2) is 9.29 Å². The number of carbonyl (C=O) groups excluding carboxylic acids is 2. The van der Waals surface area contributed by atoms with Crippen LogP contribution in [0.25, 0.3) is 0 Å². The standard InChI is InChI=1S/C15H8ClFN3O2/c16-12-7-10(5-6-13(12)17)19-15(22)11-3-1-2-4-14(11)20(8-18)9-21/h1-7H,(H,19,22). The number of halogens is 2. The summed E-state index contributed by atoms with van der Waals surface area (Å²) < 4.78 is 13.1. The molecule has 0 aliphatic carbocycles. The fourth-order valence-corrected chi connectivity index (χ4v) is 1.94. The highest BCUT2D eigenvalue weighted by Crippen LogP contribution is 2.23. The summed E-state index contributed by atoms with van der Waals surface area (Å²) in [6, 6.07) is 9.74. The number of rotatable bonds is 4. The summed E-state index contributed by atoms with van der Waals surface area (Å²) in [6.07, 6.45) is 3.02. The third-order valence-corrected chi connectivity index (χ3v) is 3.05. The van der Waals surface area contributed by atoms with Crippen LogP contribution in [0.1, 0.15) is 10.4 Å². The number of anilines is 2. The van der Waals surface area contributed by atoms with E-state index >= 15 is 0 Å². The molecule has 0 unspecified atom stereocenters. The van der Waals surface area contributed by atoms with E-state index in [1.807, 2.05) is 0 Å². The molecule has 2 rings (SSSR count). The Morgan fingerprint density at radius 3 is 2.64 bits per heavy atom. The average Bonchev–Trinajstić information content (AvgIpc) is 2.52. The lowest BCUT2D eigenvalue weighted by molar-refractivity contribution is 0.102. The zero-order valence-electron chi connectivity index (χ0n) is 11.0. The zero-order chi connectivity index (χ0) is 16.1. The maximum Gasteiger partial charge on any atom is 0.331 e. The van der Waals surface area contributed by atoms with Crippen LogP contribution in [0.15, 0.2) is 42.5 Å². The Balaban J connectivity index is 2.32. The molecule has 0 aromatic heterocycles. The third kappa shape index (κ3) is 3.22. The molecule has 2 amide bonds. The first kappa shape index (κ1) is 15.5. The smallest absolute Gasteiger partial charge is 0.322 e. The van der Waals surface area contributed by atoms with Crippen molar-refractivity contribution in [1.82, 2.24) is 0 Å². The summed E-state index contributed by atoms with van der Waals surface area (Å²) in [6.45, 7) is 0. The van der Waals surface area contributed by atoms with Crippen molar-refractivity contribution in [2.24, 2.45) is 0 Å². The van der Waals surface area contributed by atoms with Crippen molar-refractivity contribution in [3.05, 3.63) is 58.9 Å². The fraction of sp³-hybridized carbons (Fsp3) is 0. The molecule has 1 radical (unpaired) electrons. The predicted molar refractivity (Wildman–Crippen MR) is 79.6 cm³/mol. The molecule has 109 valence electrons.